The van der Waals surface area contributed by atoms with E-state index in [0.29, 0.717) is 12.3 Å². The van der Waals surface area contributed by atoms with Gasteiger partial charge in [0.25, 0.3) is 0 Å². The summed E-state index contributed by atoms with van der Waals surface area (Å²) < 4.78 is 0. The molecule has 0 atom stereocenters. The van der Waals surface area contributed by atoms with Crippen molar-refractivity contribution < 1.29 is 4.79 Å². The van der Waals surface area contributed by atoms with E-state index in [1.807, 2.05) is 6.26 Å². The molecule has 0 aliphatic carbocycles. The van der Waals surface area contributed by atoms with Crippen LogP contribution in [0.25, 0.3) is 0 Å². The van der Waals surface area contributed by atoms with Crippen molar-refractivity contribution in [3.63, 3.8) is 0 Å². The number of carbonyl (C=O) groups excluding carboxylic acids is 1. The summed E-state index contributed by atoms with van der Waals surface area (Å²) >= 11 is 1.50. The molecule has 0 spiro atoms. The van der Waals surface area contributed by atoms with E-state index in [4.69, 9.17) is 6.42 Å². The maximum absolute atomic E-state index is 10.9. The smallest absolute Gasteiger partial charge is 0.233 e. The Morgan fingerprint density at radius 2 is 2.40 bits per heavy atom. The average Bonchev–Trinajstić information content (AvgIpc) is 1.89. The van der Waals surface area contributed by atoms with Crippen LogP contribution in [0.3, 0.4) is 0 Å². The third kappa shape index (κ3) is 3.41. The molecule has 0 aromatic rings. The second-order valence-corrected chi connectivity index (χ2v) is 2.75. The highest BCUT2D eigenvalue weighted by atomic mass is 32.2. The molecule has 10 heavy (non-hydrogen) atoms. The molecule has 0 radical (unpaired) electrons. The van der Waals surface area contributed by atoms with Crippen molar-refractivity contribution in [1.29, 1.82) is 0 Å². The first kappa shape index (κ1) is 9.38. The number of amides is 1. The SMILES string of the molecule is C#CCN(C)C(=O)CSC. The van der Waals surface area contributed by atoms with E-state index in [-0.39, 0.29) is 5.91 Å². The van der Waals surface area contributed by atoms with Gasteiger partial charge in [0.15, 0.2) is 0 Å². The fourth-order valence-corrected chi connectivity index (χ4v) is 0.926. The highest BCUT2D eigenvalue weighted by Gasteiger charge is 2.04. The van der Waals surface area contributed by atoms with E-state index in [0.717, 1.165) is 0 Å². The van der Waals surface area contributed by atoms with Gasteiger partial charge in [0.1, 0.15) is 0 Å². The molecule has 0 aliphatic heterocycles. The third-order valence-corrected chi connectivity index (χ3v) is 1.56. The first-order valence-corrected chi connectivity index (χ1v) is 4.28. The van der Waals surface area contributed by atoms with Gasteiger partial charge in [-0.3, -0.25) is 4.79 Å². The Morgan fingerprint density at radius 3 is 2.80 bits per heavy atom. The topological polar surface area (TPSA) is 20.3 Å². The lowest BCUT2D eigenvalue weighted by atomic mass is 10.5. The average molecular weight is 157 g/mol. The van der Waals surface area contributed by atoms with E-state index >= 15 is 0 Å². The molecule has 0 rings (SSSR count). The molecular weight excluding hydrogens is 146 g/mol. The molecule has 0 bridgehead atoms. The number of thioether (sulfide) groups is 1. The number of nitrogens with zero attached hydrogens (tertiary/aromatic N) is 1. The van der Waals surface area contributed by atoms with Crippen LogP contribution in [0, 0.1) is 12.3 Å². The van der Waals surface area contributed by atoms with Crippen LogP contribution >= 0.6 is 11.8 Å². The van der Waals surface area contributed by atoms with Crippen LogP contribution in [-0.4, -0.2) is 36.4 Å². The summed E-state index contributed by atoms with van der Waals surface area (Å²) in [7, 11) is 1.71. The van der Waals surface area contributed by atoms with Gasteiger partial charge in [-0.05, 0) is 6.26 Å². The fraction of sp³-hybridized carbons (Fsp3) is 0.571. The Kier molecular flexibility index (Phi) is 4.87. The molecule has 2 nitrogen and oxygen atoms in total. The second-order valence-electron chi connectivity index (χ2n) is 1.89. The van der Waals surface area contributed by atoms with Gasteiger partial charge < -0.3 is 4.90 Å². The molecule has 0 aromatic heterocycles. The van der Waals surface area contributed by atoms with E-state index < -0.39 is 0 Å². The first-order chi connectivity index (χ1) is 4.72. The molecule has 0 aliphatic rings. The number of terminal acetylenes is 1. The summed E-state index contributed by atoms with van der Waals surface area (Å²) in [5.41, 5.74) is 0. The minimum Gasteiger partial charge on any atom is -0.334 e. The summed E-state index contributed by atoms with van der Waals surface area (Å²) in [6.45, 7) is 0.402. The summed E-state index contributed by atoms with van der Waals surface area (Å²) in [5, 5.41) is 0. The zero-order chi connectivity index (χ0) is 7.98. The van der Waals surface area contributed by atoms with Crippen LogP contribution < -0.4 is 0 Å². The normalized spacial score (nSPS) is 8.50. The molecule has 0 N–H and O–H groups in total. The molecule has 0 saturated carbocycles. The summed E-state index contributed by atoms with van der Waals surface area (Å²) in [6, 6.07) is 0. The molecule has 1 amide bonds. The Labute approximate surface area is 66.0 Å². The number of carbonyl (C=O) groups is 1. The first-order valence-electron chi connectivity index (χ1n) is 2.88. The Bertz CT molecular complexity index is 150. The van der Waals surface area contributed by atoms with Gasteiger partial charge in [-0.1, -0.05) is 5.92 Å². The highest BCUT2D eigenvalue weighted by Crippen LogP contribution is 1.94. The van der Waals surface area contributed by atoms with Crippen LogP contribution in [0.4, 0.5) is 0 Å². The maximum atomic E-state index is 10.9. The predicted molar refractivity (Wildman–Crippen MR) is 44.9 cm³/mol. The number of hydrogen-bond acceptors (Lipinski definition) is 2. The highest BCUT2D eigenvalue weighted by molar-refractivity contribution is 7.99. The van der Waals surface area contributed by atoms with Crippen LogP contribution in [0.2, 0.25) is 0 Å². The molecule has 0 heterocycles. The van der Waals surface area contributed by atoms with Gasteiger partial charge in [-0.2, -0.15) is 11.8 Å². The van der Waals surface area contributed by atoms with Gasteiger partial charge in [-0.15, -0.1) is 6.42 Å². The quantitative estimate of drug-likeness (QED) is 0.554. The van der Waals surface area contributed by atoms with E-state index in [9.17, 15) is 4.79 Å². The Morgan fingerprint density at radius 1 is 1.80 bits per heavy atom. The molecule has 56 valence electrons. The monoisotopic (exact) mass is 157 g/mol. The lowest BCUT2D eigenvalue weighted by Gasteiger charge is -2.11. The van der Waals surface area contributed by atoms with Crippen LogP contribution in [0.5, 0.6) is 0 Å². The molecule has 0 saturated heterocycles. The van der Waals surface area contributed by atoms with Gasteiger partial charge in [-0.25, -0.2) is 0 Å². The maximum Gasteiger partial charge on any atom is 0.233 e. The minimum atomic E-state index is 0.0884. The zero-order valence-corrected chi connectivity index (χ0v) is 7.07. The molecular formula is C7H11NOS. The number of rotatable bonds is 3. The molecule has 0 aromatic carbocycles. The lowest BCUT2D eigenvalue weighted by Crippen LogP contribution is -2.28. The minimum absolute atomic E-state index is 0.0884. The van der Waals surface area contributed by atoms with Crippen molar-refractivity contribution in [3.8, 4) is 12.3 Å². The van der Waals surface area contributed by atoms with E-state index in [1.54, 1.807) is 7.05 Å². The fourth-order valence-electron chi connectivity index (χ4n) is 0.459. The van der Waals surface area contributed by atoms with Gasteiger partial charge >= 0.3 is 0 Å². The van der Waals surface area contributed by atoms with Crippen LogP contribution in [0.15, 0.2) is 0 Å². The lowest BCUT2D eigenvalue weighted by molar-refractivity contribution is -0.126. The molecule has 0 fully saturated rings. The summed E-state index contributed by atoms with van der Waals surface area (Å²) in [6.07, 6.45) is 6.90. The zero-order valence-electron chi connectivity index (χ0n) is 6.26. The third-order valence-electron chi connectivity index (χ3n) is 1.02. The van der Waals surface area contributed by atoms with Crippen molar-refractivity contribution in [1.82, 2.24) is 4.90 Å². The van der Waals surface area contributed by atoms with E-state index in [1.165, 1.54) is 16.7 Å². The summed E-state index contributed by atoms with van der Waals surface area (Å²) in [4.78, 5) is 12.5. The van der Waals surface area contributed by atoms with E-state index in [2.05, 4.69) is 5.92 Å². The molecule has 0 unspecified atom stereocenters. The molecule has 3 heteroatoms. The van der Waals surface area contributed by atoms with Crippen molar-refractivity contribution in [2.75, 3.05) is 25.6 Å². The van der Waals surface area contributed by atoms with Crippen molar-refractivity contribution in [3.05, 3.63) is 0 Å². The Balaban J connectivity index is 3.62. The van der Waals surface area contributed by atoms with Gasteiger partial charge in [0.05, 0.1) is 12.3 Å². The van der Waals surface area contributed by atoms with Crippen molar-refractivity contribution in [2.45, 2.75) is 0 Å². The van der Waals surface area contributed by atoms with Crippen molar-refractivity contribution >= 4 is 17.7 Å². The van der Waals surface area contributed by atoms with Crippen LogP contribution in [-0.2, 0) is 4.79 Å². The largest absolute Gasteiger partial charge is 0.334 e. The van der Waals surface area contributed by atoms with Crippen molar-refractivity contribution in [2.24, 2.45) is 0 Å². The van der Waals surface area contributed by atoms with Gasteiger partial charge in [0.2, 0.25) is 5.91 Å². The second kappa shape index (κ2) is 5.19. The predicted octanol–water partition coefficient (Wildman–Crippen LogP) is 0.441. The van der Waals surface area contributed by atoms with Gasteiger partial charge in [0, 0.05) is 7.05 Å². The summed E-state index contributed by atoms with van der Waals surface area (Å²) in [5.74, 6) is 3.00. The Hall–Kier alpha value is -0.620. The number of hydrogen-bond donors (Lipinski definition) is 0. The van der Waals surface area contributed by atoms with Crippen LogP contribution in [0.1, 0.15) is 0 Å². The standard InChI is InChI=1S/C7H11NOS/c1-4-5-8(2)7(9)6-10-3/h1H,5-6H2,2-3H3.